The topological polar surface area (TPSA) is 55.1 Å². The molecule has 0 aliphatic heterocycles. The van der Waals surface area contributed by atoms with Crippen LogP contribution in [-0.2, 0) is 4.79 Å². The van der Waals surface area contributed by atoms with E-state index < -0.39 is 0 Å². The van der Waals surface area contributed by atoms with Crippen molar-refractivity contribution in [2.24, 2.45) is 23.5 Å². The van der Waals surface area contributed by atoms with Crippen LogP contribution < -0.4 is 11.1 Å². The average Bonchev–Trinajstić information content (AvgIpc) is 2.38. The second-order valence-corrected chi connectivity index (χ2v) is 5.96. The van der Waals surface area contributed by atoms with Crippen LogP contribution in [-0.4, -0.2) is 18.5 Å². The van der Waals surface area contributed by atoms with Crippen LogP contribution in [0.25, 0.3) is 0 Å². The van der Waals surface area contributed by atoms with E-state index in [9.17, 15) is 4.79 Å². The third-order valence-electron chi connectivity index (χ3n) is 4.65. The lowest BCUT2D eigenvalue weighted by molar-refractivity contribution is -0.127. The molecule has 0 saturated heterocycles. The fraction of sp³-hybridized carbons (Fsp3) is 0.929. The summed E-state index contributed by atoms with van der Waals surface area (Å²) in [7, 11) is 0. The maximum Gasteiger partial charge on any atom is 0.223 e. The van der Waals surface area contributed by atoms with Gasteiger partial charge in [0, 0.05) is 18.5 Å². The third-order valence-corrected chi connectivity index (χ3v) is 4.65. The molecule has 0 heterocycles. The van der Waals surface area contributed by atoms with Crippen molar-refractivity contribution in [3.8, 4) is 0 Å². The molecule has 0 spiro atoms. The van der Waals surface area contributed by atoms with Crippen molar-refractivity contribution in [1.29, 1.82) is 0 Å². The van der Waals surface area contributed by atoms with Crippen molar-refractivity contribution in [3.63, 3.8) is 0 Å². The molecule has 0 bridgehead atoms. The van der Waals surface area contributed by atoms with Crippen LogP contribution in [0, 0.1) is 17.8 Å². The van der Waals surface area contributed by atoms with Crippen LogP contribution in [0.5, 0.6) is 0 Å². The Bertz CT molecular complexity index is 273. The molecule has 2 aliphatic rings. The molecule has 4 heteroatoms. The lowest BCUT2D eigenvalue weighted by atomic mass is 9.67. The first-order valence-corrected chi connectivity index (χ1v) is 7.21. The quantitative estimate of drug-likeness (QED) is 0.831. The lowest BCUT2D eigenvalue weighted by Crippen LogP contribution is -2.43. The number of nitrogens with one attached hydrogen (secondary N) is 1. The Kier molecular flexibility index (Phi) is 6.44. The highest BCUT2D eigenvalue weighted by Gasteiger charge is 2.35. The Labute approximate surface area is 117 Å². The molecule has 3 N–H and O–H groups in total. The minimum atomic E-state index is 0. The largest absolute Gasteiger partial charge is 0.352 e. The molecule has 2 fully saturated rings. The van der Waals surface area contributed by atoms with Crippen molar-refractivity contribution >= 4 is 18.3 Å². The summed E-state index contributed by atoms with van der Waals surface area (Å²) < 4.78 is 0. The van der Waals surface area contributed by atoms with Crippen molar-refractivity contribution in [3.05, 3.63) is 0 Å². The summed E-state index contributed by atoms with van der Waals surface area (Å²) in [5.74, 6) is 2.23. The Balaban J connectivity index is 0.00000162. The Morgan fingerprint density at radius 1 is 1.22 bits per heavy atom. The summed E-state index contributed by atoms with van der Waals surface area (Å²) in [6.45, 7) is 2.51. The van der Waals surface area contributed by atoms with E-state index in [2.05, 4.69) is 5.32 Å². The average molecular weight is 275 g/mol. The number of halogens is 1. The monoisotopic (exact) mass is 274 g/mol. The van der Waals surface area contributed by atoms with Crippen LogP contribution in [0.15, 0.2) is 0 Å². The Hall–Kier alpha value is -0.280. The highest BCUT2D eigenvalue weighted by Crippen LogP contribution is 2.42. The van der Waals surface area contributed by atoms with Gasteiger partial charge in [-0.2, -0.15) is 0 Å². The van der Waals surface area contributed by atoms with E-state index in [1.807, 2.05) is 6.92 Å². The van der Waals surface area contributed by atoms with Gasteiger partial charge in [0.1, 0.15) is 0 Å². The van der Waals surface area contributed by atoms with Crippen molar-refractivity contribution in [2.75, 3.05) is 6.54 Å². The van der Waals surface area contributed by atoms with Gasteiger partial charge in [0.2, 0.25) is 5.91 Å². The van der Waals surface area contributed by atoms with E-state index in [0.717, 1.165) is 24.7 Å². The van der Waals surface area contributed by atoms with E-state index in [4.69, 9.17) is 5.73 Å². The van der Waals surface area contributed by atoms with Crippen molar-refractivity contribution in [1.82, 2.24) is 5.32 Å². The standard InChI is InChI=1S/C14H26N2O.ClH/c1-10(9-15)16-14(17)13-7-6-11-4-2-3-5-12(11)8-13;/h10-13H,2-9,15H2,1H3,(H,16,17);1H/t10-,11?,12?,13?;/m1./s1. The second-order valence-electron chi connectivity index (χ2n) is 5.96. The Morgan fingerprint density at radius 3 is 2.56 bits per heavy atom. The fourth-order valence-corrected chi connectivity index (χ4v) is 3.53. The molecule has 4 atom stereocenters. The maximum absolute atomic E-state index is 12.1. The van der Waals surface area contributed by atoms with E-state index in [0.29, 0.717) is 6.54 Å². The van der Waals surface area contributed by atoms with Crippen LogP contribution in [0.3, 0.4) is 0 Å². The molecule has 0 aromatic carbocycles. The summed E-state index contributed by atoms with van der Waals surface area (Å²) >= 11 is 0. The van der Waals surface area contributed by atoms with Gasteiger partial charge < -0.3 is 11.1 Å². The van der Waals surface area contributed by atoms with Crippen LogP contribution in [0.2, 0.25) is 0 Å². The van der Waals surface area contributed by atoms with Gasteiger partial charge in [0.05, 0.1) is 0 Å². The molecule has 1 amide bonds. The fourth-order valence-electron chi connectivity index (χ4n) is 3.53. The normalized spacial score (nSPS) is 32.9. The van der Waals surface area contributed by atoms with Gasteiger partial charge in [-0.05, 0) is 38.0 Å². The Morgan fingerprint density at radius 2 is 1.89 bits per heavy atom. The molecule has 0 aromatic rings. The van der Waals surface area contributed by atoms with Gasteiger partial charge in [-0.1, -0.05) is 25.7 Å². The summed E-state index contributed by atoms with van der Waals surface area (Å²) in [6.07, 6.45) is 8.99. The highest BCUT2D eigenvalue weighted by molar-refractivity contribution is 5.85. The number of fused-ring (bicyclic) bond motifs is 1. The van der Waals surface area contributed by atoms with E-state index >= 15 is 0 Å². The van der Waals surface area contributed by atoms with Crippen LogP contribution in [0.1, 0.15) is 51.9 Å². The first-order valence-electron chi connectivity index (χ1n) is 7.21. The van der Waals surface area contributed by atoms with Gasteiger partial charge in [-0.25, -0.2) is 0 Å². The minimum Gasteiger partial charge on any atom is -0.352 e. The summed E-state index contributed by atoms with van der Waals surface area (Å²) in [5.41, 5.74) is 5.54. The molecule has 2 aliphatic carbocycles. The molecule has 106 valence electrons. The minimum absolute atomic E-state index is 0. The lowest BCUT2D eigenvalue weighted by Gasteiger charge is -2.39. The summed E-state index contributed by atoms with van der Waals surface area (Å²) in [4.78, 5) is 12.1. The molecule has 18 heavy (non-hydrogen) atoms. The first-order chi connectivity index (χ1) is 8.20. The summed E-state index contributed by atoms with van der Waals surface area (Å²) in [6, 6.07) is 0.117. The molecule has 3 unspecified atom stereocenters. The maximum atomic E-state index is 12.1. The number of hydrogen-bond acceptors (Lipinski definition) is 2. The molecule has 2 rings (SSSR count). The first kappa shape index (κ1) is 15.8. The molecular formula is C14H27ClN2O. The zero-order chi connectivity index (χ0) is 12.3. The molecule has 2 saturated carbocycles. The zero-order valence-electron chi connectivity index (χ0n) is 11.4. The predicted molar refractivity (Wildman–Crippen MR) is 76.7 cm³/mol. The van der Waals surface area contributed by atoms with Gasteiger partial charge in [-0.3, -0.25) is 4.79 Å². The molecular weight excluding hydrogens is 248 g/mol. The predicted octanol–water partition coefficient (Wildman–Crippen LogP) is 2.48. The zero-order valence-corrected chi connectivity index (χ0v) is 12.2. The third kappa shape index (κ3) is 3.86. The number of hydrogen-bond donors (Lipinski definition) is 2. The van der Waals surface area contributed by atoms with Crippen molar-refractivity contribution < 1.29 is 4.79 Å². The smallest absolute Gasteiger partial charge is 0.223 e. The van der Waals surface area contributed by atoms with E-state index in [-0.39, 0.29) is 30.3 Å². The van der Waals surface area contributed by atoms with E-state index in [1.54, 1.807) is 0 Å². The number of amides is 1. The van der Waals surface area contributed by atoms with Gasteiger partial charge in [0.25, 0.3) is 0 Å². The second kappa shape index (κ2) is 7.34. The van der Waals surface area contributed by atoms with Crippen LogP contribution in [0.4, 0.5) is 0 Å². The number of carbonyl (C=O) groups is 1. The molecule has 0 aromatic heterocycles. The summed E-state index contributed by atoms with van der Waals surface area (Å²) in [5, 5.41) is 3.03. The SMILES string of the molecule is C[C@H](CN)NC(=O)C1CCC2CCCCC2C1.Cl. The van der Waals surface area contributed by atoms with Gasteiger partial charge >= 0.3 is 0 Å². The van der Waals surface area contributed by atoms with Crippen molar-refractivity contribution in [2.45, 2.75) is 57.9 Å². The molecule has 3 nitrogen and oxygen atoms in total. The van der Waals surface area contributed by atoms with E-state index in [1.165, 1.54) is 32.1 Å². The number of nitrogens with two attached hydrogens (primary N) is 1. The molecule has 0 radical (unpaired) electrons. The van der Waals surface area contributed by atoms with Gasteiger partial charge in [0.15, 0.2) is 0 Å². The number of carbonyl (C=O) groups excluding carboxylic acids is 1. The number of rotatable bonds is 3. The highest BCUT2D eigenvalue weighted by atomic mass is 35.5. The van der Waals surface area contributed by atoms with Gasteiger partial charge in [-0.15, -0.1) is 12.4 Å². The van der Waals surface area contributed by atoms with Crippen LogP contribution >= 0.6 is 12.4 Å².